The van der Waals surface area contributed by atoms with Crippen LogP contribution >= 0.6 is 0 Å². The van der Waals surface area contributed by atoms with Gasteiger partial charge in [-0.1, -0.05) is 45.4 Å². The van der Waals surface area contributed by atoms with Crippen LogP contribution in [0.1, 0.15) is 77.6 Å². The van der Waals surface area contributed by atoms with Gasteiger partial charge < -0.3 is 5.73 Å². The number of nitrogens with two attached hydrogens (primary N) is 1. The average molecular weight is 239 g/mol. The summed E-state index contributed by atoms with van der Waals surface area (Å²) in [5, 5.41) is 0. The van der Waals surface area contributed by atoms with Gasteiger partial charge in [0.25, 0.3) is 0 Å². The van der Waals surface area contributed by atoms with Crippen LogP contribution in [0.5, 0.6) is 0 Å². The molecule has 100 valence electrons. The molecule has 0 saturated heterocycles. The van der Waals surface area contributed by atoms with Crippen LogP contribution in [0.15, 0.2) is 0 Å². The summed E-state index contributed by atoms with van der Waals surface area (Å²) in [6.07, 6.45) is 12.8. The van der Waals surface area contributed by atoms with E-state index in [1.165, 1.54) is 51.4 Å². The van der Waals surface area contributed by atoms with E-state index in [1.54, 1.807) is 0 Å². The minimum Gasteiger partial charge on any atom is -0.327 e. The second-order valence-corrected chi connectivity index (χ2v) is 5.62. The molecular weight excluding hydrogens is 210 g/mol. The van der Waals surface area contributed by atoms with Crippen molar-refractivity contribution in [1.29, 1.82) is 0 Å². The van der Waals surface area contributed by atoms with Crippen LogP contribution in [-0.2, 0) is 4.79 Å². The molecule has 0 aliphatic heterocycles. The molecule has 0 aromatic carbocycles. The standard InChI is InChI=1S/C15H29NO/c1-2-3-4-5-6-7-8-9-14(17)12-15(16)13-10-11-13/h13,15H,2-12,16H2,1H3. The summed E-state index contributed by atoms with van der Waals surface area (Å²) >= 11 is 0. The summed E-state index contributed by atoms with van der Waals surface area (Å²) in [4.78, 5) is 11.6. The third-order valence-corrected chi connectivity index (χ3v) is 3.75. The molecule has 1 aliphatic carbocycles. The molecule has 0 amide bonds. The van der Waals surface area contributed by atoms with Crippen molar-refractivity contribution in [3.8, 4) is 0 Å². The first-order valence-corrected chi connectivity index (χ1v) is 7.51. The van der Waals surface area contributed by atoms with Gasteiger partial charge in [0.1, 0.15) is 5.78 Å². The minimum atomic E-state index is 0.159. The molecule has 0 aromatic heterocycles. The lowest BCUT2D eigenvalue weighted by atomic mass is 10.0. The van der Waals surface area contributed by atoms with E-state index in [9.17, 15) is 4.79 Å². The first-order valence-electron chi connectivity index (χ1n) is 7.51. The molecule has 1 saturated carbocycles. The Balaban J connectivity index is 1.86. The van der Waals surface area contributed by atoms with E-state index in [0.29, 0.717) is 18.1 Å². The number of Topliss-reactive ketones (excluding diaryl/α,β-unsaturated/α-hetero) is 1. The van der Waals surface area contributed by atoms with E-state index in [4.69, 9.17) is 5.73 Å². The largest absolute Gasteiger partial charge is 0.327 e. The predicted octanol–water partition coefficient (Wildman–Crippen LogP) is 3.82. The topological polar surface area (TPSA) is 43.1 Å². The van der Waals surface area contributed by atoms with Gasteiger partial charge >= 0.3 is 0 Å². The van der Waals surface area contributed by atoms with Crippen LogP contribution in [0.2, 0.25) is 0 Å². The van der Waals surface area contributed by atoms with Crippen molar-refractivity contribution in [3.63, 3.8) is 0 Å². The van der Waals surface area contributed by atoms with Crippen molar-refractivity contribution >= 4 is 5.78 Å². The molecule has 0 radical (unpaired) electrons. The highest BCUT2D eigenvalue weighted by Crippen LogP contribution is 2.33. The molecule has 0 aromatic rings. The van der Waals surface area contributed by atoms with Crippen LogP contribution in [0.25, 0.3) is 0 Å². The lowest BCUT2D eigenvalue weighted by Crippen LogP contribution is -2.25. The van der Waals surface area contributed by atoms with Gasteiger partial charge in [0.15, 0.2) is 0 Å². The third kappa shape index (κ3) is 7.54. The second kappa shape index (κ2) is 8.68. The molecule has 1 unspecified atom stereocenters. The van der Waals surface area contributed by atoms with E-state index >= 15 is 0 Å². The van der Waals surface area contributed by atoms with Crippen molar-refractivity contribution in [2.45, 2.75) is 83.6 Å². The molecule has 1 fully saturated rings. The molecule has 0 bridgehead atoms. The number of carbonyl (C=O) groups excluding carboxylic acids is 1. The van der Waals surface area contributed by atoms with E-state index in [-0.39, 0.29) is 6.04 Å². The van der Waals surface area contributed by atoms with Crippen molar-refractivity contribution in [3.05, 3.63) is 0 Å². The lowest BCUT2D eigenvalue weighted by molar-refractivity contribution is -0.119. The van der Waals surface area contributed by atoms with Gasteiger partial charge in [-0.2, -0.15) is 0 Å². The molecule has 2 N–H and O–H groups in total. The van der Waals surface area contributed by atoms with Crippen LogP contribution in [0.3, 0.4) is 0 Å². The highest BCUT2D eigenvalue weighted by molar-refractivity contribution is 5.79. The van der Waals surface area contributed by atoms with Gasteiger partial charge in [0.2, 0.25) is 0 Å². The van der Waals surface area contributed by atoms with Crippen molar-refractivity contribution < 1.29 is 4.79 Å². The van der Waals surface area contributed by atoms with Gasteiger partial charge in [-0.15, -0.1) is 0 Å². The second-order valence-electron chi connectivity index (χ2n) is 5.62. The summed E-state index contributed by atoms with van der Waals surface area (Å²) in [5.74, 6) is 1.05. The summed E-state index contributed by atoms with van der Waals surface area (Å²) in [6.45, 7) is 2.24. The highest BCUT2D eigenvalue weighted by atomic mass is 16.1. The summed E-state index contributed by atoms with van der Waals surface area (Å²) in [6, 6.07) is 0.159. The van der Waals surface area contributed by atoms with Crippen molar-refractivity contribution in [2.24, 2.45) is 11.7 Å². The van der Waals surface area contributed by atoms with Gasteiger partial charge in [0.05, 0.1) is 0 Å². The number of ketones is 1. The van der Waals surface area contributed by atoms with Crippen molar-refractivity contribution in [2.75, 3.05) is 0 Å². The Kier molecular flexibility index (Phi) is 7.50. The molecule has 0 heterocycles. The number of carbonyl (C=O) groups is 1. The van der Waals surface area contributed by atoms with Crippen LogP contribution in [0.4, 0.5) is 0 Å². The Labute approximate surface area is 106 Å². The summed E-state index contributed by atoms with van der Waals surface area (Å²) in [7, 11) is 0. The predicted molar refractivity (Wildman–Crippen MR) is 72.9 cm³/mol. The fraction of sp³-hybridized carbons (Fsp3) is 0.933. The summed E-state index contributed by atoms with van der Waals surface area (Å²) in [5.41, 5.74) is 5.94. The van der Waals surface area contributed by atoms with E-state index in [2.05, 4.69) is 6.92 Å². The van der Waals surface area contributed by atoms with Gasteiger partial charge in [-0.25, -0.2) is 0 Å². The lowest BCUT2D eigenvalue weighted by Gasteiger charge is -2.08. The van der Waals surface area contributed by atoms with Gasteiger partial charge in [0, 0.05) is 18.9 Å². The molecule has 1 rings (SSSR count). The zero-order valence-corrected chi connectivity index (χ0v) is 11.4. The molecule has 0 spiro atoms. The van der Waals surface area contributed by atoms with Crippen LogP contribution < -0.4 is 5.73 Å². The van der Waals surface area contributed by atoms with Gasteiger partial charge in [-0.05, 0) is 25.2 Å². The molecule has 17 heavy (non-hydrogen) atoms. The first-order chi connectivity index (χ1) is 8.24. The molecule has 2 heteroatoms. The number of hydrogen-bond acceptors (Lipinski definition) is 2. The zero-order valence-electron chi connectivity index (χ0n) is 11.4. The monoisotopic (exact) mass is 239 g/mol. The molecule has 2 nitrogen and oxygen atoms in total. The first kappa shape index (κ1) is 14.7. The SMILES string of the molecule is CCCCCCCCCC(=O)CC(N)C1CC1. The maximum atomic E-state index is 11.6. The smallest absolute Gasteiger partial charge is 0.134 e. The maximum absolute atomic E-state index is 11.6. The quantitative estimate of drug-likeness (QED) is 0.557. The zero-order chi connectivity index (χ0) is 12.5. The van der Waals surface area contributed by atoms with Gasteiger partial charge in [-0.3, -0.25) is 4.79 Å². The Hall–Kier alpha value is -0.370. The van der Waals surface area contributed by atoms with Crippen LogP contribution in [-0.4, -0.2) is 11.8 Å². The third-order valence-electron chi connectivity index (χ3n) is 3.75. The van der Waals surface area contributed by atoms with E-state index in [1.807, 2.05) is 0 Å². The van der Waals surface area contributed by atoms with Crippen molar-refractivity contribution in [1.82, 2.24) is 0 Å². The fourth-order valence-electron chi connectivity index (χ4n) is 2.34. The van der Waals surface area contributed by atoms with E-state index in [0.717, 1.165) is 12.8 Å². The number of hydrogen-bond donors (Lipinski definition) is 1. The normalized spacial score (nSPS) is 17.1. The minimum absolute atomic E-state index is 0.159. The highest BCUT2D eigenvalue weighted by Gasteiger charge is 2.29. The number of rotatable bonds is 11. The molecule has 1 aliphatic rings. The summed E-state index contributed by atoms with van der Waals surface area (Å²) < 4.78 is 0. The Morgan fingerprint density at radius 3 is 2.29 bits per heavy atom. The Morgan fingerprint density at radius 1 is 1.12 bits per heavy atom. The molecular formula is C15H29NO. The maximum Gasteiger partial charge on any atom is 0.134 e. The average Bonchev–Trinajstić information content (AvgIpc) is 3.11. The van der Waals surface area contributed by atoms with E-state index < -0.39 is 0 Å². The molecule has 1 atom stereocenters. The Bertz CT molecular complexity index is 211. The Morgan fingerprint density at radius 2 is 1.71 bits per heavy atom. The fourth-order valence-corrected chi connectivity index (χ4v) is 2.34. The number of unbranched alkanes of at least 4 members (excludes halogenated alkanes) is 6. The van der Waals surface area contributed by atoms with Crippen LogP contribution in [0, 0.1) is 5.92 Å².